The number of halogens is 2. The van der Waals surface area contributed by atoms with Crippen LogP contribution < -0.4 is 14.8 Å². The van der Waals surface area contributed by atoms with E-state index >= 15 is 0 Å². The molecular formula is C19H25ClFN5O3. The summed E-state index contributed by atoms with van der Waals surface area (Å²) in [7, 11) is 2.90. The molecule has 0 unspecified atom stereocenters. The first kappa shape index (κ1) is 21.3. The van der Waals surface area contributed by atoms with E-state index in [2.05, 4.69) is 20.1 Å². The number of ether oxygens (including phenoxy) is 2. The van der Waals surface area contributed by atoms with Crippen molar-refractivity contribution in [2.45, 2.75) is 31.8 Å². The van der Waals surface area contributed by atoms with Gasteiger partial charge in [0.15, 0.2) is 11.5 Å². The fourth-order valence-corrected chi connectivity index (χ4v) is 3.95. The number of likely N-dealkylation sites (tertiary alicyclic amines) is 1. The van der Waals surface area contributed by atoms with Crippen molar-refractivity contribution >= 4 is 18.3 Å². The van der Waals surface area contributed by atoms with Crippen LogP contribution in [0.2, 0.25) is 0 Å². The summed E-state index contributed by atoms with van der Waals surface area (Å²) in [5.41, 5.74) is 0.00188. The van der Waals surface area contributed by atoms with E-state index in [9.17, 15) is 9.18 Å². The molecule has 2 aliphatic rings. The molecule has 158 valence electrons. The number of nitrogens with zero attached hydrogens (tertiary/aromatic N) is 4. The van der Waals surface area contributed by atoms with Crippen molar-refractivity contribution in [3.63, 3.8) is 0 Å². The van der Waals surface area contributed by atoms with E-state index in [4.69, 9.17) is 9.47 Å². The normalized spacial score (nSPS) is 16.7. The van der Waals surface area contributed by atoms with Crippen LogP contribution in [0, 0.1) is 5.82 Å². The number of aromatic nitrogens is 3. The third-order valence-corrected chi connectivity index (χ3v) is 5.50. The van der Waals surface area contributed by atoms with Crippen molar-refractivity contribution in [3.05, 3.63) is 35.2 Å². The molecule has 1 saturated heterocycles. The Morgan fingerprint density at radius 3 is 2.52 bits per heavy atom. The van der Waals surface area contributed by atoms with E-state index in [1.807, 2.05) is 0 Å². The second kappa shape index (κ2) is 8.96. The highest BCUT2D eigenvalue weighted by Crippen LogP contribution is 2.32. The SMILES string of the molecule is COc1cc(F)c(C(=O)N2CCC(c3nnc4n3CCNC4)CC2)cc1OC.Cl. The Morgan fingerprint density at radius 2 is 1.83 bits per heavy atom. The molecule has 1 aromatic heterocycles. The van der Waals surface area contributed by atoms with E-state index in [0.29, 0.717) is 18.8 Å². The zero-order valence-corrected chi connectivity index (χ0v) is 17.3. The number of piperidine rings is 1. The molecule has 0 atom stereocenters. The third-order valence-electron chi connectivity index (χ3n) is 5.50. The quantitative estimate of drug-likeness (QED) is 0.806. The largest absolute Gasteiger partial charge is 0.493 e. The van der Waals surface area contributed by atoms with E-state index in [-0.39, 0.29) is 35.5 Å². The monoisotopic (exact) mass is 425 g/mol. The van der Waals surface area contributed by atoms with Crippen molar-refractivity contribution in [1.82, 2.24) is 25.0 Å². The second-order valence-electron chi connectivity index (χ2n) is 7.06. The summed E-state index contributed by atoms with van der Waals surface area (Å²) in [6.07, 6.45) is 1.57. The summed E-state index contributed by atoms with van der Waals surface area (Å²) in [5.74, 6) is 1.90. The van der Waals surface area contributed by atoms with Crippen LogP contribution in [0.25, 0.3) is 0 Å². The number of carbonyl (C=O) groups is 1. The van der Waals surface area contributed by atoms with Crippen LogP contribution in [-0.4, -0.2) is 59.4 Å². The van der Waals surface area contributed by atoms with E-state index in [0.717, 1.165) is 44.1 Å². The van der Waals surface area contributed by atoms with Gasteiger partial charge in [0.1, 0.15) is 17.5 Å². The lowest BCUT2D eigenvalue weighted by molar-refractivity contribution is 0.0705. The van der Waals surface area contributed by atoms with Gasteiger partial charge >= 0.3 is 0 Å². The number of rotatable bonds is 4. The van der Waals surface area contributed by atoms with Gasteiger partial charge in [0.05, 0.1) is 26.3 Å². The molecule has 29 heavy (non-hydrogen) atoms. The first-order valence-electron chi connectivity index (χ1n) is 9.46. The average molecular weight is 426 g/mol. The van der Waals surface area contributed by atoms with Crippen molar-refractivity contribution in [2.75, 3.05) is 33.9 Å². The maximum atomic E-state index is 14.4. The highest BCUT2D eigenvalue weighted by atomic mass is 35.5. The smallest absolute Gasteiger partial charge is 0.256 e. The molecule has 0 bridgehead atoms. The van der Waals surface area contributed by atoms with Gasteiger partial charge in [-0.25, -0.2) is 4.39 Å². The fraction of sp³-hybridized carbons (Fsp3) is 0.526. The Labute approximate surface area is 174 Å². The number of hydrogen-bond acceptors (Lipinski definition) is 6. The molecule has 0 saturated carbocycles. The van der Waals surface area contributed by atoms with Crippen molar-refractivity contribution in [1.29, 1.82) is 0 Å². The molecule has 8 nitrogen and oxygen atoms in total. The van der Waals surface area contributed by atoms with Gasteiger partial charge in [-0.15, -0.1) is 22.6 Å². The van der Waals surface area contributed by atoms with E-state index in [1.54, 1.807) is 4.90 Å². The predicted molar refractivity (Wildman–Crippen MR) is 106 cm³/mol. The van der Waals surface area contributed by atoms with Crippen LogP contribution in [0.4, 0.5) is 4.39 Å². The lowest BCUT2D eigenvalue weighted by Crippen LogP contribution is -2.39. The molecule has 10 heteroatoms. The van der Waals surface area contributed by atoms with Gasteiger partial charge < -0.3 is 24.3 Å². The summed E-state index contributed by atoms with van der Waals surface area (Å²) < 4.78 is 26.9. The highest BCUT2D eigenvalue weighted by Gasteiger charge is 2.30. The number of nitrogens with one attached hydrogen (secondary N) is 1. The zero-order valence-electron chi connectivity index (χ0n) is 16.5. The Bertz CT molecular complexity index is 883. The van der Waals surface area contributed by atoms with Crippen LogP contribution in [0.1, 0.15) is 40.8 Å². The molecule has 1 aromatic carbocycles. The predicted octanol–water partition coefficient (Wildman–Crippen LogP) is 1.98. The van der Waals surface area contributed by atoms with Crippen LogP contribution in [0.15, 0.2) is 12.1 Å². The summed E-state index contributed by atoms with van der Waals surface area (Å²) in [4.78, 5) is 14.6. The molecule has 2 aliphatic heterocycles. The van der Waals surface area contributed by atoms with Crippen LogP contribution in [-0.2, 0) is 13.1 Å². The number of hydrogen-bond donors (Lipinski definition) is 1. The van der Waals surface area contributed by atoms with Gasteiger partial charge in [0.2, 0.25) is 0 Å². The second-order valence-corrected chi connectivity index (χ2v) is 7.06. The minimum absolute atomic E-state index is 0. The molecule has 3 heterocycles. The van der Waals surface area contributed by atoms with Gasteiger partial charge in [-0.05, 0) is 18.9 Å². The summed E-state index contributed by atoms with van der Waals surface area (Å²) in [6, 6.07) is 2.60. The van der Waals surface area contributed by atoms with Gasteiger partial charge in [-0.1, -0.05) is 0 Å². The van der Waals surface area contributed by atoms with Gasteiger partial charge in [0.25, 0.3) is 5.91 Å². The third kappa shape index (κ3) is 4.02. The number of benzene rings is 1. The highest BCUT2D eigenvalue weighted by molar-refractivity contribution is 5.95. The molecular weight excluding hydrogens is 401 g/mol. The van der Waals surface area contributed by atoms with Crippen molar-refractivity contribution in [3.8, 4) is 11.5 Å². The summed E-state index contributed by atoms with van der Waals surface area (Å²) >= 11 is 0. The minimum Gasteiger partial charge on any atom is -0.493 e. The first-order valence-corrected chi connectivity index (χ1v) is 9.46. The van der Waals surface area contributed by atoms with Gasteiger partial charge in [-0.2, -0.15) is 0 Å². The Kier molecular flexibility index (Phi) is 6.59. The first-order chi connectivity index (χ1) is 13.6. The molecule has 0 aliphatic carbocycles. The number of fused-ring (bicyclic) bond motifs is 1. The van der Waals surface area contributed by atoms with Gasteiger partial charge in [0, 0.05) is 38.2 Å². The molecule has 1 fully saturated rings. The van der Waals surface area contributed by atoms with Crippen molar-refractivity contribution < 1.29 is 18.7 Å². The molecule has 2 aromatic rings. The summed E-state index contributed by atoms with van der Waals surface area (Å²) in [6.45, 7) is 3.62. The van der Waals surface area contributed by atoms with Crippen molar-refractivity contribution in [2.24, 2.45) is 0 Å². The summed E-state index contributed by atoms with van der Waals surface area (Å²) in [5, 5.41) is 11.9. The van der Waals surface area contributed by atoms with Crippen LogP contribution in [0.3, 0.4) is 0 Å². The van der Waals surface area contributed by atoms with E-state index < -0.39 is 5.82 Å². The lowest BCUT2D eigenvalue weighted by atomic mass is 9.95. The fourth-order valence-electron chi connectivity index (χ4n) is 3.95. The Morgan fingerprint density at radius 1 is 1.14 bits per heavy atom. The maximum Gasteiger partial charge on any atom is 0.256 e. The topological polar surface area (TPSA) is 81.5 Å². The lowest BCUT2D eigenvalue weighted by Gasteiger charge is -2.32. The van der Waals surface area contributed by atoms with Crippen LogP contribution >= 0.6 is 12.4 Å². The number of methoxy groups -OCH3 is 2. The molecule has 4 rings (SSSR count). The number of carbonyl (C=O) groups excluding carboxylic acids is 1. The average Bonchev–Trinajstić information content (AvgIpc) is 3.17. The molecule has 0 spiro atoms. The number of amides is 1. The standard InChI is InChI=1S/C19H24FN5O3.ClH/c1-27-15-9-13(14(20)10-16(15)28-2)19(26)24-6-3-12(4-7-24)18-23-22-17-11-21-5-8-25(17)18;/h9-10,12,21H,3-8,11H2,1-2H3;1H. The Balaban J connectivity index is 0.00000240. The molecule has 1 N–H and O–H groups in total. The van der Waals surface area contributed by atoms with Gasteiger partial charge in [-0.3, -0.25) is 4.79 Å². The zero-order chi connectivity index (χ0) is 19.7. The van der Waals surface area contributed by atoms with E-state index in [1.165, 1.54) is 26.4 Å². The maximum absolute atomic E-state index is 14.4. The molecule has 1 amide bonds. The minimum atomic E-state index is -0.608. The molecule has 0 radical (unpaired) electrons. The van der Waals surface area contributed by atoms with Crippen LogP contribution in [0.5, 0.6) is 11.5 Å². The Hall–Kier alpha value is -2.39.